The van der Waals surface area contributed by atoms with Gasteiger partial charge in [-0.25, -0.2) is 4.39 Å². The van der Waals surface area contributed by atoms with Crippen LogP contribution in [-0.2, 0) is 4.74 Å². The van der Waals surface area contributed by atoms with Crippen molar-refractivity contribution in [2.75, 3.05) is 27.3 Å². The molecule has 0 bridgehead atoms. The van der Waals surface area contributed by atoms with Gasteiger partial charge in [0.05, 0.1) is 6.61 Å². The van der Waals surface area contributed by atoms with Crippen molar-refractivity contribution in [2.45, 2.75) is 25.9 Å². The third-order valence-corrected chi connectivity index (χ3v) is 3.61. The fourth-order valence-corrected chi connectivity index (χ4v) is 2.17. The molecular formula is C15H25FN2O. The second kappa shape index (κ2) is 7.58. The van der Waals surface area contributed by atoms with Gasteiger partial charge in [0.25, 0.3) is 0 Å². The second-order valence-corrected chi connectivity index (χ2v) is 5.27. The Morgan fingerprint density at radius 3 is 2.53 bits per heavy atom. The van der Waals surface area contributed by atoms with E-state index in [1.54, 1.807) is 19.2 Å². The summed E-state index contributed by atoms with van der Waals surface area (Å²) < 4.78 is 18.8. The molecular weight excluding hydrogens is 243 g/mol. The van der Waals surface area contributed by atoms with Gasteiger partial charge in [-0.3, -0.25) is 0 Å². The number of nitrogens with zero attached hydrogens (tertiary/aromatic N) is 1. The van der Waals surface area contributed by atoms with Gasteiger partial charge in [-0.2, -0.15) is 0 Å². The molecule has 0 saturated carbocycles. The first-order chi connectivity index (χ1) is 8.97. The Kier molecular flexibility index (Phi) is 6.42. The zero-order valence-corrected chi connectivity index (χ0v) is 12.3. The monoisotopic (exact) mass is 268 g/mol. The summed E-state index contributed by atoms with van der Waals surface area (Å²) in [5.74, 6) is -0.0596. The lowest BCUT2D eigenvalue weighted by molar-refractivity contribution is 0.104. The summed E-state index contributed by atoms with van der Waals surface area (Å²) in [5.41, 5.74) is 6.75. The molecule has 0 aliphatic heterocycles. The van der Waals surface area contributed by atoms with Gasteiger partial charge >= 0.3 is 0 Å². The number of hydrogen-bond donors (Lipinski definition) is 1. The van der Waals surface area contributed by atoms with E-state index in [1.807, 2.05) is 20.0 Å². The van der Waals surface area contributed by atoms with Crippen molar-refractivity contribution >= 4 is 0 Å². The van der Waals surface area contributed by atoms with Crippen molar-refractivity contribution in [2.24, 2.45) is 11.7 Å². The van der Waals surface area contributed by atoms with Gasteiger partial charge < -0.3 is 15.4 Å². The summed E-state index contributed by atoms with van der Waals surface area (Å²) in [6.45, 7) is 5.64. The second-order valence-electron chi connectivity index (χ2n) is 5.27. The van der Waals surface area contributed by atoms with Gasteiger partial charge in [0.1, 0.15) is 5.82 Å². The van der Waals surface area contributed by atoms with Crippen molar-refractivity contribution in [3.8, 4) is 0 Å². The molecule has 19 heavy (non-hydrogen) atoms. The maximum atomic E-state index is 13.7. The van der Waals surface area contributed by atoms with Gasteiger partial charge in [-0.05, 0) is 26.0 Å². The van der Waals surface area contributed by atoms with Crippen molar-refractivity contribution in [1.29, 1.82) is 0 Å². The Morgan fingerprint density at radius 1 is 1.32 bits per heavy atom. The van der Waals surface area contributed by atoms with Gasteiger partial charge in [-0.1, -0.05) is 25.1 Å². The molecule has 3 nitrogen and oxygen atoms in total. The van der Waals surface area contributed by atoms with Crippen LogP contribution >= 0.6 is 0 Å². The molecule has 0 aliphatic carbocycles. The van der Waals surface area contributed by atoms with E-state index in [1.165, 1.54) is 6.07 Å². The highest BCUT2D eigenvalue weighted by molar-refractivity contribution is 5.21. The molecule has 2 N–H and O–H groups in total. The van der Waals surface area contributed by atoms with Crippen LogP contribution in [0.1, 0.15) is 25.5 Å². The van der Waals surface area contributed by atoms with E-state index in [9.17, 15) is 4.39 Å². The van der Waals surface area contributed by atoms with E-state index in [4.69, 9.17) is 10.5 Å². The number of nitrogens with two attached hydrogens (primary N) is 1. The van der Waals surface area contributed by atoms with Gasteiger partial charge in [0.15, 0.2) is 0 Å². The average Bonchev–Trinajstić information content (AvgIpc) is 2.38. The molecule has 0 spiro atoms. The highest BCUT2D eigenvalue weighted by Crippen LogP contribution is 2.22. The van der Waals surface area contributed by atoms with Crippen LogP contribution < -0.4 is 5.73 Å². The van der Waals surface area contributed by atoms with Crippen LogP contribution in [-0.4, -0.2) is 38.3 Å². The van der Waals surface area contributed by atoms with Crippen LogP contribution in [0.5, 0.6) is 0 Å². The fourth-order valence-electron chi connectivity index (χ4n) is 2.17. The third-order valence-electron chi connectivity index (χ3n) is 3.61. The lowest BCUT2D eigenvalue weighted by atomic mass is 9.94. The highest BCUT2D eigenvalue weighted by atomic mass is 19.1. The van der Waals surface area contributed by atoms with E-state index >= 15 is 0 Å². The Hall–Kier alpha value is -0.970. The predicted octanol–water partition coefficient (Wildman–Crippen LogP) is 2.43. The number of ether oxygens (including phenoxy) is 1. The van der Waals surface area contributed by atoms with Crippen LogP contribution in [0.3, 0.4) is 0 Å². The molecule has 3 atom stereocenters. The normalized spacial score (nSPS) is 16.4. The molecule has 108 valence electrons. The van der Waals surface area contributed by atoms with Gasteiger partial charge in [0, 0.05) is 31.3 Å². The summed E-state index contributed by atoms with van der Waals surface area (Å²) in [7, 11) is 3.73. The maximum Gasteiger partial charge on any atom is 0.127 e. The van der Waals surface area contributed by atoms with Gasteiger partial charge in [0.2, 0.25) is 0 Å². The number of benzene rings is 1. The zero-order valence-electron chi connectivity index (χ0n) is 12.3. The van der Waals surface area contributed by atoms with Crippen LogP contribution in [0.25, 0.3) is 0 Å². The summed E-state index contributed by atoms with van der Waals surface area (Å²) in [6.07, 6.45) is 0. The average molecular weight is 268 g/mol. The van der Waals surface area contributed by atoms with Crippen molar-refractivity contribution in [3.05, 3.63) is 35.6 Å². The lowest BCUT2D eigenvalue weighted by Gasteiger charge is -2.30. The molecule has 0 saturated heterocycles. The van der Waals surface area contributed by atoms with Crippen molar-refractivity contribution in [1.82, 2.24) is 4.90 Å². The first-order valence-corrected chi connectivity index (χ1v) is 6.66. The number of rotatable bonds is 7. The number of halogens is 1. The summed E-state index contributed by atoms with van der Waals surface area (Å²) >= 11 is 0. The summed E-state index contributed by atoms with van der Waals surface area (Å²) in [4.78, 5) is 2.19. The summed E-state index contributed by atoms with van der Waals surface area (Å²) in [6, 6.07) is 6.75. The van der Waals surface area contributed by atoms with E-state index in [0.717, 1.165) is 6.54 Å². The third kappa shape index (κ3) is 4.56. The van der Waals surface area contributed by atoms with Crippen LogP contribution in [0.4, 0.5) is 4.39 Å². The predicted molar refractivity (Wildman–Crippen MR) is 76.5 cm³/mol. The molecule has 0 fully saturated rings. The molecule has 4 heteroatoms. The molecule has 0 aromatic heterocycles. The van der Waals surface area contributed by atoms with Crippen molar-refractivity contribution < 1.29 is 9.13 Å². The topological polar surface area (TPSA) is 38.5 Å². The van der Waals surface area contributed by atoms with E-state index < -0.39 is 0 Å². The Bertz CT molecular complexity index is 386. The minimum atomic E-state index is -0.293. The van der Waals surface area contributed by atoms with Crippen molar-refractivity contribution in [3.63, 3.8) is 0 Å². The highest BCUT2D eigenvalue weighted by Gasteiger charge is 2.21. The molecule has 1 aromatic carbocycles. The molecule has 0 amide bonds. The Balaban J connectivity index is 2.63. The van der Waals surface area contributed by atoms with E-state index in [0.29, 0.717) is 18.2 Å². The lowest BCUT2D eigenvalue weighted by Crippen LogP contribution is -2.38. The number of methoxy groups -OCH3 is 1. The maximum absolute atomic E-state index is 13.7. The smallest absolute Gasteiger partial charge is 0.127 e. The summed E-state index contributed by atoms with van der Waals surface area (Å²) in [5, 5.41) is 0. The zero-order chi connectivity index (χ0) is 14.4. The largest absolute Gasteiger partial charge is 0.383 e. The molecule has 0 heterocycles. The minimum Gasteiger partial charge on any atom is -0.383 e. The molecule has 0 aliphatic rings. The first kappa shape index (κ1) is 16.1. The minimum absolute atomic E-state index is 0.168. The van der Waals surface area contributed by atoms with Crippen LogP contribution in [0.15, 0.2) is 24.3 Å². The quantitative estimate of drug-likeness (QED) is 0.825. The van der Waals surface area contributed by atoms with E-state index in [-0.39, 0.29) is 17.8 Å². The SMILES string of the molecule is COCC(C)N(C)CC(C)C(N)c1ccccc1F. The Labute approximate surface area is 115 Å². The molecule has 0 radical (unpaired) electrons. The van der Waals surface area contributed by atoms with Crippen LogP contribution in [0.2, 0.25) is 0 Å². The first-order valence-electron chi connectivity index (χ1n) is 6.66. The Morgan fingerprint density at radius 2 is 1.95 bits per heavy atom. The standard InChI is InChI=1S/C15H25FN2O/c1-11(9-18(3)12(2)10-19-4)15(17)13-7-5-6-8-14(13)16/h5-8,11-12,15H,9-10,17H2,1-4H3. The van der Waals surface area contributed by atoms with Crippen LogP contribution in [0, 0.1) is 11.7 Å². The van der Waals surface area contributed by atoms with E-state index in [2.05, 4.69) is 11.8 Å². The molecule has 3 unspecified atom stereocenters. The number of likely N-dealkylation sites (N-methyl/N-ethyl adjacent to an activating group) is 1. The van der Waals surface area contributed by atoms with Gasteiger partial charge in [-0.15, -0.1) is 0 Å². The molecule has 1 rings (SSSR count). The number of hydrogen-bond acceptors (Lipinski definition) is 3. The molecule has 1 aromatic rings. The fraction of sp³-hybridized carbons (Fsp3) is 0.600.